The highest BCUT2D eigenvalue weighted by atomic mass is 16.3. The van der Waals surface area contributed by atoms with Crippen molar-refractivity contribution >= 4 is 17.5 Å². The molecule has 6 nitrogen and oxygen atoms in total. The molecule has 20 heavy (non-hydrogen) atoms. The fourth-order valence-corrected chi connectivity index (χ4v) is 1.86. The van der Waals surface area contributed by atoms with Gasteiger partial charge in [-0.15, -0.1) is 0 Å². The molecule has 0 bridgehead atoms. The molecule has 1 aromatic carbocycles. The molecule has 0 heterocycles. The highest BCUT2D eigenvalue weighted by Gasteiger charge is 2.26. The number of aliphatic hydroxyl groups excluding tert-OH is 2. The molecule has 0 fully saturated rings. The molecule has 110 valence electrons. The number of benzene rings is 1. The summed E-state index contributed by atoms with van der Waals surface area (Å²) < 4.78 is 0. The standard InChI is InChI=1S/C14H20N2O4/c1-2-16(12-6-4-3-5-7-12)14(20)13(19)15(8-10-17)9-11-18/h3-7,17-18H,2,8-11H2,1H3. The van der Waals surface area contributed by atoms with Crippen LogP contribution in [-0.2, 0) is 9.59 Å². The number of hydrogen-bond acceptors (Lipinski definition) is 4. The maximum atomic E-state index is 12.2. The Hall–Kier alpha value is -1.92. The molecule has 0 aromatic heterocycles. The van der Waals surface area contributed by atoms with E-state index in [1.807, 2.05) is 6.07 Å². The van der Waals surface area contributed by atoms with Gasteiger partial charge in [0.15, 0.2) is 0 Å². The van der Waals surface area contributed by atoms with E-state index >= 15 is 0 Å². The van der Waals surface area contributed by atoms with E-state index in [0.29, 0.717) is 12.2 Å². The highest BCUT2D eigenvalue weighted by Crippen LogP contribution is 2.13. The third kappa shape index (κ3) is 4.04. The normalized spacial score (nSPS) is 10.2. The molecule has 0 aliphatic heterocycles. The summed E-state index contributed by atoms with van der Waals surface area (Å²) in [7, 11) is 0. The van der Waals surface area contributed by atoms with E-state index in [2.05, 4.69) is 0 Å². The average molecular weight is 280 g/mol. The van der Waals surface area contributed by atoms with Crippen LogP contribution in [0.3, 0.4) is 0 Å². The Morgan fingerprint density at radius 3 is 2.00 bits per heavy atom. The molecule has 0 saturated carbocycles. The van der Waals surface area contributed by atoms with E-state index in [4.69, 9.17) is 10.2 Å². The molecule has 0 unspecified atom stereocenters. The quantitative estimate of drug-likeness (QED) is 0.710. The molecule has 0 atom stereocenters. The minimum Gasteiger partial charge on any atom is -0.395 e. The molecule has 1 rings (SSSR count). The van der Waals surface area contributed by atoms with Crippen LogP contribution in [0.15, 0.2) is 30.3 Å². The van der Waals surface area contributed by atoms with Crippen LogP contribution in [0.25, 0.3) is 0 Å². The highest BCUT2D eigenvalue weighted by molar-refractivity contribution is 6.40. The van der Waals surface area contributed by atoms with Gasteiger partial charge < -0.3 is 20.0 Å². The second-order valence-electron chi connectivity index (χ2n) is 4.12. The Balaban J connectivity index is 2.87. The summed E-state index contributed by atoms with van der Waals surface area (Å²) >= 11 is 0. The summed E-state index contributed by atoms with van der Waals surface area (Å²) in [6.07, 6.45) is 0. The van der Waals surface area contributed by atoms with Crippen molar-refractivity contribution in [1.82, 2.24) is 4.90 Å². The average Bonchev–Trinajstić information content (AvgIpc) is 2.48. The molecule has 1 aromatic rings. The number of carbonyl (C=O) groups excluding carboxylic acids is 2. The maximum absolute atomic E-state index is 12.2. The van der Waals surface area contributed by atoms with E-state index in [1.165, 1.54) is 4.90 Å². The molecule has 6 heteroatoms. The van der Waals surface area contributed by atoms with Crippen molar-refractivity contribution in [1.29, 1.82) is 0 Å². The van der Waals surface area contributed by atoms with Crippen LogP contribution in [0, 0.1) is 0 Å². The molecule has 2 N–H and O–H groups in total. The van der Waals surface area contributed by atoms with Gasteiger partial charge in [0.05, 0.1) is 13.2 Å². The molecular weight excluding hydrogens is 260 g/mol. The van der Waals surface area contributed by atoms with Crippen molar-refractivity contribution in [3.05, 3.63) is 30.3 Å². The summed E-state index contributed by atoms with van der Waals surface area (Å²) in [5, 5.41) is 17.8. The number of aliphatic hydroxyl groups is 2. The van der Waals surface area contributed by atoms with Crippen molar-refractivity contribution in [2.45, 2.75) is 6.92 Å². The molecule has 0 aliphatic carbocycles. The van der Waals surface area contributed by atoms with Gasteiger partial charge >= 0.3 is 11.8 Å². The van der Waals surface area contributed by atoms with Crippen LogP contribution < -0.4 is 4.90 Å². The van der Waals surface area contributed by atoms with Gasteiger partial charge in [-0.25, -0.2) is 0 Å². The van der Waals surface area contributed by atoms with E-state index in [1.54, 1.807) is 31.2 Å². The van der Waals surface area contributed by atoms with Gasteiger partial charge in [0.2, 0.25) is 0 Å². The number of nitrogens with zero attached hydrogens (tertiary/aromatic N) is 2. The van der Waals surface area contributed by atoms with Crippen molar-refractivity contribution in [2.75, 3.05) is 37.7 Å². The summed E-state index contributed by atoms with van der Waals surface area (Å²) in [5.74, 6) is -1.39. The first-order valence-corrected chi connectivity index (χ1v) is 6.53. The van der Waals surface area contributed by atoms with Crippen molar-refractivity contribution in [3.63, 3.8) is 0 Å². The fraction of sp³-hybridized carbons (Fsp3) is 0.429. The number of amides is 2. The zero-order chi connectivity index (χ0) is 15.0. The van der Waals surface area contributed by atoms with Crippen LogP contribution in [-0.4, -0.2) is 59.8 Å². The summed E-state index contributed by atoms with van der Waals surface area (Å²) in [5.41, 5.74) is 0.640. The smallest absolute Gasteiger partial charge is 0.316 e. The van der Waals surface area contributed by atoms with Gasteiger partial charge in [0.1, 0.15) is 0 Å². The summed E-state index contributed by atoms with van der Waals surface area (Å²) in [6.45, 7) is 1.68. The lowest BCUT2D eigenvalue weighted by Crippen LogP contribution is -2.47. The number of anilines is 1. The predicted octanol–water partition coefficient (Wildman–Crippen LogP) is -0.147. The number of carbonyl (C=O) groups is 2. The van der Waals surface area contributed by atoms with Crippen LogP contribution in [0.2, 0.25) is 0 Å². The number of rotatable bonds is 6. The van der Waals surface area contributed by atoms with Gasteiger partial charge in [0.25, 0.3) is 0 Å². The fourth-order valence-electron chi connectivity index (χ4n) is 1.86. The summed E-state index contributed by atoms with van der Waals surface area (Å²) in [6, 6.07) is 8.89. The number of likely N-dealkylation sites (N-methyl/N-ethyl adjacent to an activating group) is 1. The van der Waals surface area contributed by atoms with E-state index < -0.39 is 11.8 Å². The third-order valence-electron chi connectivity index (χ3n) is 2.84. The Morgan fingerprint density at radius 2 is 1.55 bits per heavy atom. The first-order chi connectivity index (χ1) is 9.65. The minimum atomic E-state index is -0.723. The van der Waals surface area contributed by atoms with Crippen LogP contribution in [0.5, 0.6) is 0 Å². The Labute approximate surface area is 118 Å². The van der Waals surface area contributed by atoms with Crippen molar-refractivity contribution in [2.24, 2.45) is 0 Å². The monoisotopic (exact) mass is 280 g/mol. The van der Waals surface area contributed by atoms with Gasteiger partial charge in [0, 0.05) is 25.3 Å². The van der Waals surface area contributed by atoms with E-state index in [9.17, 15) is 9.59 Å². The summed E-state index contributed by atoms with van der Waals surface area (Å²) in [4.78, 5) is 26.9. The lowest BCUT2D eigenvalue weighted by molar-refractivity contribution is -0.145. The lowest BCUT2D eigenvalue weighted by atomic mass is 10.2. The van der Waals surface area contributed by atoms with Crippen LogP contribution in [0.1, 0.15) is 6.92 Å². The topological polar surface area (TPSA) is 81.1 Å². The van der Waals surface area contributed by atoms with Gasteiger partial charge in [-0.3, -0.25) is 9.59 Å². The van der Waals surface area contributed by atoms with Gasteiger partial charge in [-0.2, -0.15) is 0 Å². The van der Waals surface area contributed by atoms with Gasteiger partial charge in [-0.05, 0) is 19.1 Å². The second kappa shape index (κ2) is 8.29. The predicted molar refractivity (Wildman–Crippen MR) is 75.2 cm³/mol. The molecule has 0 spiro atoms. The van der Waals surface area contributed by atoms with Crippen LogP contribution in [0.4, 0.5) is 5.69 Å². The largest absolute Gasteiger partial charge is 0.395 e. The third-order valence-corrected chi connectivity index (χ3v) is 2.84. The molecule has 2 amide bonds. The Morgan fingerprint density at radius 1 is 1.00 bits per heavy atom. The number of hydrogen-bond donors (Lipinski definition) is 2. The first kappa shape index (κ1) is 16.1. The van der Waals surface area contributed by atoms with Crippen LogP contribution >= 0.6 is 0 Å². The maximum Gasteiger partial charge on any atom is 0.316 e. The Bertz CT molecular complexity index is 430. The zero-order valence-corrected chi connectivity index (χ0v) is 11.5. The zero-order valence-electron chi connectivity index (χ0n) is 11.5. The molecular formula is C14H20N2O4. The molecule has 0 radical (unpaired) electrons. The number of para-hydroxylation sites is 1. The van der Waals surface area contributed by atoms with Gasteiger partial charge in [-0.1, -0.05) is 18.2 Å². The minimum absolute atomic E-state index is 0.0253. The molecule has 0 saturated heterocycles. The van der Waals surface area contributed by atoms with E-state index in [-0.39, 0.29) is 26.3 Å². The van der Waals surface area contributed by atoms with E-state index in [0.717, 1.165) is 4.90 Å². The molecule has 0 aliphatic rings. The first-order valence-electron chi connectivity index (χ1n) is 6.53. The SMILES string of the molecule is CCN(C(=O)C(=O)N(CCO)CCO)c1ccccc1. The second-order valence-corrected chi connectivity index (χ2v) is 4.12. The van der Waals surface area contributed by atoms with Crippen molar-refractivity contribution < 1.29 is 19.8 Å². The van der Waals surface area contributed by atoms with Crippen molar-refractivity contribution in [3.8, 4) is 0 Å². The Kier molecular flexibility index (Phi) is 6.69. The lowest BCUT2D eigenvalue weighted by Gasteiger charge is -2.25.